The molecule has 0 aliphatic carbocycles. The van der Waals surface area contributed by atoms with E-state index < -0.39 is 0 Å². The predicted molar refractivity (Wildman–Crippen MR) is 70.0 cm³/mol. The number of aryl methyl sites for hydroxylation is 2. The van der Waals surface area contributed by atoms with Gasteiger partial charge in [-0.25, -0.2) is 9.78 Å². The third-order valence-corrected chi connectivity index (χ3v) is 2.60. The number of halogens is 1. The SMILES string of the molecule is Cc1cc(Cl)ncc1NC(=O)Nc1[nH]ncc1C. The van der Waals surface area contributed by atoms with Gasteiger partial charge in [0.2, 0.25) is 0 Å². The lowest BCUT2D eigenvalue weighted by atomic mass is 10.2. The van der Waals surface area contributed by atoms with Crippen LogP contribution in [0.1, 0.15) is 11.1 Å². The summed E-state index contributed by atoms with van der Waals surface area (Å²) in [5.74, 6) is 0.562. The van der Waals surface area contributed by atoms with Crippen molar-refractivity contribution < 1.29 is 4.79 Å². The fraction of sp³-hybridized carbons (Fsp3) is 0.182. The molecule has 0 saturated carbocycles. The van der Waals surface area contributed by atoms with Gasteiger partial charge < -0.3 is 5.32 Å². The number of carbonyl (C=O) groups excluding carboxylic acids is 1. The Kier molecular flexibility index (Phi) is 3.47. The minimum absolute atomic E-state index is 0.366. The zero-order valence-corrected chi connectivity index (χ0v) is 10.7. The fourth-order valence-electron chi connectivity index (χ4n) is 1.39. The average molecular weight is 266 g/mol. The van der Waals surface area contributed by atoms with Gasteiger partial charge in [-0.2, -0.15) is 5.10 Å². The molecule has 0 radical (unpaired) electrons. The van der Waals surface area contributed by atoms with Crippen LogP contribution in [0.15, 0.2) is 18.5 Å². The predicted octanol–water partition coefficient (Wildman–Crippen LogP) is 2.72. The van der Waals surface area contributed by atoms with Crippen LogP contribution in [0.5, 0.6) is 0 Å². The molecule has 0 saturated heterocycles. The highest BCUT2D eigenvalue weighted by atomic mass is 35.5. The van der Waals surface area contributed by atoms with Gasteiger partial charge in [-0.3, -0.25) is 10.4 Å². The van der Waals surface area contributed by atoms with E-state index in [-0.39, 0.29) is 6.03 Å². The van der Waals surface area contributed by atoms with Crippen LogP contribution < -0.4 is 10.6 Å². The summed E-state index contributed by atoms with van der Waals surface area (Å²) in [6.07, 6.45) is 3.14. The first-order valence-electron chi connectivity index (χ1n) is 5.26. The minimum atomic E-state index is -0.366. The molecule has 18 heavy (non-hydrogen) atoms. The second kappa shape index (κ2) is 5.05. The summed E-state index contributed by atoms with van der Waals surface area (Å²) in [7, 11) is 0. The van der Waals surface area contributed by atoms with Crippen LogP contribution in [0.4, 0.5) is 16.3 Å². The molecular weight excluding hydrogens is 254 g/mol. The summed E-state index contributed by atoms with van der Waals surface area (Å²) < 4.78 is 0. The molecule has 2 rings (SSSR count). The number of pyridine rings is 1. The van der Waals surface area contributed by atoms with E-state index in [9.17, 15) is 4.79 Å². The first-order chi connectivity index (χ1) is 8.56. The fourth-order valence-corrected chi connectivity index (χ4v) is 1.61. The van der Waals surface area contributed by atoms with Crippen molar-refractivity contribution >= 4 is 29.1 Å². The van der Waals surface area contributed by atoms with Gasteiger partial charge in [0, 0.05) is 5.56 Å². The molecule has 0 aromatic carbocycles. The molecule has 94 valence electrons. The Labute approximate surface area is 109 Å². The van der Waals surface area contributed by atoms with Gasteiger partial charge >= 0.3 is 6.03 Å². The Bertz CT molecular complexity index is 581. The third-order valence-electron chi connectivity index (χ3n) is 2.39. The maximum atomic E-state index is 11.7. The number of anilines is 2. The largest absolute Gasteiger partial charge is 0.324 e. The Hall–Kier alpha value is -2.08. The number of aromatic amines is 1. The van der Waals surface area contributed by atoms with Crippen molar-refractivity contribution in [2.75, 3.05) is 10.6 Å². The first-order valence-corrected chi connectivity index (χ1v) is 5.64. The molecule has 0 spiro atoms. The topological polar surface area (TPSA) is 82.7 Å². The summed E-state index contributed by atoms with van der Waals surface area (Å²) in [5, 5.41) is 12.2. The Balaban J connectivity index is 2.05. The highest BCUT2D eigenvalue weighted by molar-refractivity contribution is 6.29. The summed E-state index contributed by atoms with van der Waals surface area (Å²) in [4.78, 5) is 15.6. The second-order valence-corrected chi connectivity index (χ2v) is 4.22. The van der Waals surface area contributed by atoms with Crippen LogP contribution in [0, 0.1) is 13.8 Å². The van der Waals surface area contributed by atoms with E-state index in [4.69, 9.17) is 11.6 Å². The van der Waals surface area contributed by atoms with Crippen molar-refractivity contribution in [3.05, 3.63) is 34.7 Å². The molecule has 0 atom stereocenters. The standard InChI is InChI=1S/C11H12ClN5O/c1-6-3-9(12)13-5-8(6)15-11(18)16-10-7(2)4-14-17-10/h3-5H,1-2H3,(H3,14,15,16,17,18). The molecule has 7 heteroatoms. The number of urea groups is 1. The normalized spacial score (nSPS) is 10.2. The third kappa shape index (κ3) is 2.78. The van der Waals surface area contributed by atoms with E-state index in [0.717, 1.165) is 11.1 Å². The van der Waals surface area contributed by atoms with Crippen LogP contribution in [0.2, 0.25) is 5.15 Å². The van der Waals surface area contributed by atoms with Gasteiger partial charge in [0.1, 0.15) is 11.0 Å². The van der Waals surface area contributed by atoms with E-state index in [1.807, 2.05) is 13.8 Å². The van der Waals surface area contributed by atoms with Crippen LogP contribution in [0.3, 0.4) is 0 Å². The average Bonchev–Trinajstić information content (AvgIpc) is 2.69. The van der Waals surface area contributed by atoms with Crippen molar-refractivity contribution in [2.45, 2.75) is 13.8 Å². The number of nitrogens with zero attached hydrogens (tertiary/aromatic N) is 2. The van der Waals surface area contributed by atoms with E-state index in [2.05, 4.69) is 25.8 Å². The van der Waals surface area contributed by atoms with Crippen molar-refractivity contribution in [3.63, 3.8) is 0 Å². The summed E-state index contributed by atoms with van der Waals surface area (Å²) >= 11 is 5.74. The molecule has 0 fully saturated rings. The van der Waals surface area contributed by atoms with Crippen molar-refractivity contribution in [3.8, 4) is 0 Å². The quantitative estimate of drug-likeness (QED) is 0.730. The molecule has 0 aliphatic heterocycles. The number of hydrogen-bond donors (Lipinski definition) is 3. The van der Waals surface area contributed by atoms with E-state index >= 15 is 0 Å². The molecule has 6 nitrogen and oxygen atoms in total. The lowest BCUT2D eigenvalue weighted by Gasteiger charge is -2.08. The number of hydrogen-bond acceptors (Lipinski definition) is 3. The van der Waals surface area contributed by atoms with Crippen LogP contribution in [-0.4, -0.2) is 21.2 Å². The summed E-state index contributed by atoms with van der Waals surface area (Å²) in [6, 6.07) is 1.31. The number of amides is 2. The summed E-state index contributed by atoms with van der Waals surface area (Å²) in [5.41, 5.74) is 2.30. The molecule has 0 unspecified atom stereocenters. The maximum Gasteiger partial charge on any atom is 0.324 e. The zero-order chi connectivity index (χ0) is 13.1. The molecule has 0 bridgehead atoms. The van der Waals surface area contributed by atoms with Crippen molar-refractivity contribution in [2.24, 2.45) is 0 Å². The van der Waals surface area contributed by atoms with Gasteiger partial charge in [-0.05, 0) is 25.5 Å². The van der Waals surface area contributed by atoms with Gasteiger partial charge in [0.05, 0.1) is 18.1 Å². The lowest BCUT2D eigenvalue weighted by molar-refractivity contribution is 0.262. The number of nitrogens with one attached hydrogen (secondary N) is 3. The molecule has 3 N–H and O–H groups in total. The molecule has 2 aromatic heterocycles. The Morgan fingerprint density at radius 3 is 2.67 bits per heavy atom. The van der Waals surface area contributed by atoms with Crippen LogP contribution in [-0.2, 0) is 0 Å². The molecule has 2 aromatic rings. The highest BCUT2D eigenvalue weighted by Crippen LogP contribution is 2.17. The number of aromatic nitrogens is 3. The van der Waals surface area contributed by atoms with Crippen molar-refractivity contribution in [1.82, 2.24) is 15.2 Å². The zero-order valence-electron chi connectivity index (χ0n) is 9.91. The van der Waals surface area contributed by atoms with Crippen molar-refractivity contribution in [1.29, 1.82) is 0 Å². The van der Waals surface area contributed by atoms with Crippen LogP contribution >= 0.6 is 11.6 Å². The number of rotatable bonds is 2. The van der Waals surface area contributed by atoms with Gasteiger partial charge in [-0.15, -0.1) is 0 Å². The Morgan fingerprint density at radius 2 is 2.06 bits per heavy atom. The maximum absolute atomic E-state index is 11.7. The Morgan fingerprint density at radius 1 is 1.28 bits per heavy atom. The monoisotopic (exact) mass is 265 g/mol. The highest BCUT2D eigenvalue weighted by Gasteiger charge is 2.08. The van der Waals surface area contributed by atoms with Crippen LogP contribution in [0.25, 0.3) is 0 Å². The summed E-state index contributed by atoms with van der Waals surface area (Å²) in [6.45, 7) is 3.68. The second-order valence-electron chi connectivity index (χ2n) is 3.83. The number of carbonyl (C=O) groups is 1. The van der Waals surface area contributed by atoms with E-state index in [1.54, 1.807) is 12.3 Å². The number of H-pyrrole nitrogens is 1. The molecule has 2 heterocycles. The minimum Gasteiger partial charge on any atom is -0.306 e. The lowest BCUT2D eigenvalue weighted by Crippen LogP contribution is -2.20. The smallest absolute Gasteiger partial charge is 0.306 e. The van der Waals surface area contributed by atoms with E-state index in [1.165, 1.54) is 6.20 Å². The molecule has 2 amide bonds. The van der Waals surface area contributed by atoms with Gasteiger partial charge in [0.15, 0.2) is 0 Å². The van der Waals surface area contributed by atoms with E-state index in [0.29, 0.717) is 16.7 Å². The first kappa shape index (κ1) is 12.4. The molecular formula is C11H12ClN5O. The van der Waals surface area contributed by atoms with Gasteiger partial charge in [-0.1, -0.05) is 11.6 Å². The molecule has 0 aliphatic rings. The van der Waals surface area contributed by atoms with Gasteiger partial charge in [0.25, 0.3) is 0 Å².